The molecule has 0 bridgehead atoms. The Kier molecular flexibility index (Phi) is 3.16. The molecule has 0 radical (unpaired) electrons. The SMILES string of the molecule is CN1C(=O)C2(CCC(C(F)(F)F)CC2)c2nc(Cl)ncc21. The number of halogens is 4. The molecule has 0 atom stereocenters. The minimum absolute atomic E-state index is 0.00849. The van der Waals surface area contributed by atoms with E-state index < -0.39 is 17.5 Å². The van der Waals surface area contributed by atoms with Gasteiger partial charge in [-0.3, -0.25) is 4.79 Å². The molecule has 1 aliphatic heterocycles. The molecular formula is C13H13ClF3N3O. The third kappa shape index (κ3) is 2.09. The minimum Gasteiger partial charge on any atom is -0.312 e. The standard InChI is InChI=1S/C13H13ClF3N3O/c1-20-8-6-18-11(14)19-9(8)12(10(20)21)4-2-7(3-5-12)13(15,16)17/h6-7H,2-5H2,1H3. The van der Waals surface area contributed by atoms with Gasteiger partial charge in [-0.1, -0.05) is 0 Å². The van der Waals surface area contributed by atoms with Gasteiger partial charge in [-0.25, -0.2) is 9.97 Å². The van der Waals surface area contributed by atoms with Crippen molar-refractivity contribution in [2.24, 2.45) is 5.92 Å². The number of rotatable bonds is 0. The number of hydrogen-bond donors (Lipinski definition) is 0. The number of aromatic nitrogens is 2. The van der Waals surface area contributed by atoms with Crippen LogP contribution in [0.25, 0.3) is 0 Å². The summed E-state index contributed by atoms with van der Waals surface area (Å²) in [4.78, 5) is 21.9. The summed E-state index contributed by atoms with van der Waals surface area (Å²) in [7, 11) is 1.59. The third-order valence-corrected chi connectivity index (χ3v) is 4.75. The van der Waals surface area contributed by atoms with E-state index in [0.29, 0.717) is 11.4 Å². The summed E-state index contributed by atoms with van der Waals surface area (Å²) in [6, 6.07) is 0. The van der Waals surface area contributed by atoms with Crippen LogP contribution in [-0.2, 0) is 10.2 Å². The van der Waals surface area contributed by atoms with Crippen LogP contribution in [0.2, 0.25) is 5.28 Å². The number of carbonyl (C=O) groups is 1. The molecule has 1 amide bonds. The Balaban J connectivity index is 1.97. The first-order chi connectivity index (χ1) is 9.75. The highest BCUT2D eigenvalue weighted by molar-refractivity contribution is 6.28. The average molecular weight is 320 g/mol. The van der Waals surface area contributed by atoms with Crippen LogP contribution in [0, 0.1) is 5.92 Å². The summed E-state index contributed by atoms with van der Waals surface area (Å²) in [6.07, 6.45) is -2.61. The molecule has 0 aromatic carbocycles. The second-order valence-electron chi connectivity index (χ2n) is 5.64. The fourth-order valence-electron chi connectivity index (χ4n) is 3.37. The molecule has 2 aliphatic rings. The molecule has 0 unspecified atom stereocenters. The summed E-state index contributed by atoms with van der Waals surface area (Å²) in [5.41, 5.74) is 0.0313. The van der Waals surface area contributed by atoms with Crippen molar-refractivity contribution in [3.05, 3.63) is 17.2 Å². The van der Waals surface area contributed by atoms with Crippen molar-refractivity contribution >= 4 is 23.2 Å². The summed E-state index contributed by atoms with van der Waals surface area (Å²) in [5, 5.41) is 0.00849. The normalized spacial score (nSPS) is 29.1. The Hall–Kier alpha value is -1.37. The molecule has 1 aromatic rings. The van der Waals surface area contributed by atoms with E-state index in [1.54, 1.807) is 7.05 Å². The van der Waals surface area contributed by atoms with Crippen molar-refractivity contribution in [1.29, 1.82) is 0 Å². The monoisotopic (exact) mass is 319 g/mol. The Morgan fingerprint density at radius 3 is 2.57 bits per heavy atom. The first kappa shape index (κ1) is 14.6. The highest BCUT2D eigenvalue weighted by Crippen LogP contribution is 2.52. The van der Waals surface area contributed by atoms with Gasteiger partial charge in [-0.2, -0.15) is 13.2 Å². The van der Waals surface area contributed by atoms with Gasteiger partial charge in [0.15, 0.2) is 0 Å². The Labute approximate surface area is 124 Å². The number of hydrogen-bond acceptors (Lipinski definition) is 3. The molecule has 21 heavy (non-hydrogen) atoms. The zero-order valence-corrected chi connectivity index (χ0v) is 12.0. The van der Waals surface area contributed by atoms with Gasteiger partial charge >= 0.3 is 6.18 Å². The highest BCUT2D eigenvalue weighted by atomic mass is 35.5. The Bertz CT molecular complexity index is 597. The van der Waals surface area contributed by atoms with Gasteiger partial charge in [0.05, 0.1) is 28.9 Å². The lowest BCUT2D eigenvalue weighted by molar-refractivity contribution is -0.185. The van der Waals surface area contributed by atoms with Crippen LogP contribution in [0.3, 0.4) is 0 Å². The van der Waals surface area contributed by atoms with E-state index in [-0.39, 0.29) is 36.9 Å². The van der Waals surface area contributed by atoms with Crippen molar-refractivity contribution in [3.8, 4) is 0 Å². The van der Waals surface area contributed by atoms with Gasteiger partial charge in [0, 0.05) is 7.05 Å². The molecule has 114 valence electrons. The molecule has 1 fully saturated rings. The third-order valence-electron chi connectivity index (χ3n) is 4.57. The van der Waals surface area contributed by atoms with E-state index in [4.69, 9.17) is 11.6 Å². The van der Waals surface area contributed by atoms with Crippen LogP contribution in [0.5, 0.6) is 0 Å². The van der Waals surface area contributed by atoms with E-state index >= 15 is 0 Å². The van der Waals surface area contributed by atoms with Gasteiger partial charge in [0.2, 0.25) is 11.2 Å². The molecule has 8 heteroatoms. The molecule has 4 nitrogen and oxygen atoms in total. The molecule has 1 aliphatic carbocycles. The number of amides is 1. The number of likely N-dealkylation sites (N-methyl/N-ethyl adjacent to an activating group) is 1. The van der Waals surface area contributed by atoms with E-state index in [1.807, 2.05) is 0 Å². The van der Waals surface area contributed by atoms with Gasteiger partial charge in [0.25, 0.3) is 0 Å². The fraction of sp³-hybridized carbons (Fsp3) is 0.615. The van der Waals surface area contributed by atoms with E-state index in [0.717, 1.165) is 0 Å². The maximum atomic E-state index is 12.8. The van der Waals surface area contributed by atoms with Crippen molar-refractivity contribution < 1.29 is 18.0 Å². The molecular weight excluding hydrogens is 307 g/mol. The Morgan fingerprint density at radius 1 is 1.38 bits per heavy atom. The number of alkyl halides is 3. The fourth-order valence-corrected chi connectivity index (χ4v) is 3.51. The maximum absolute atomic E-state index is 12.8. The van der Waals surface area contributed by atoms with E-state index in [1.165, 1.54) is 11.1 Å². The first-order valence-corrected chi connectivity index (χ1v) is 7.01. The average Bonchev–Trinajstić information content (AvgIpc) is 2.61. The van der Waals surface area contributed by atoms with E-state index in [2.05, 4.69) is 9.97 Å². The largest absolute Gasteiger partial charge is 0.391 e. The predicted octanol–water partition coefficient (Wildman–Crippen LogP) is 3.10. The summed E-state index contributed by atoms with van der Waals surface area (Å²) >= 11 is 5.79. The lowest BCUT2D eigenvalue weighted by Crippen LogP contribution is -2.43. The topological polar surface area (TPSA) is 46.1 Å². The van der Waals surface area contributed by atoms with E-state index in [9.17, 15) is 18.0 Å². The summed E-state index contributed by atoms with van der Waals surface area (Å²) in [6.45, 7) is 0. The van der Waals surface area contributed by atoms with Crippen molar-refractivity contribution in [2.45, 2.75) is 37.3 Å². The van der Waals surface area contributed by atoms with Crippen molar-refractivity contribution in [1.82, 2.24) is 9.97 Å². The van der Waals surface area contributed by atoms with Crippen LogP contribution >= 0.6 is 11.6 Å². The summed E-state index contributed by atoms with van der Waals surface area (Å²) < 4.78 is 38.4. The Morgan fingerprint density at radius 2 is 2.00 bits per heavy atom. The zero-order valence-electron chi connectivity index (χ0n) is 11.2. The number of anilines is 1. The van der Waals surface area contributed by atoms with Gasteiger partial charge in [0.1, 0.15) is 0 Å². The lowest BCUT2D eigenvalue weighted by Gasteiger charge is -2.36. The molecule has 1 aromatic heterocycles. The van der Waals surface area contributed by atoms with Gasteiger partial charge < -0.3 is 4.90 Å². The molecule has 0 saturated heterocycles. The highest BCUT2D eigenvalue weighted by Gasteiger charge is 2.55. The molecule has 1 spiro atoms. The summed E-state index contributed by atoms with van der Waals surface area (Å²) in [5.74, 6) is -1.56. The number of fused-ring (bicyclic) bond motifs is 2. The first-order valence-electron chi connectivity index (χ1n) is 6.63. The van der Waals surface area contributed by atoms with Gasteiger partial charge in [-0.05, 0) is 37.3 Å². The quantitative estimate of drug-likeness (QED) is 0.690. The smallest absolute Gasteiger partial charge is 0.312 e. The van der Waals surface area contributed by atoms with Crippen molar-refractivity contribution in [3.63, 3.8) is 0 Å². The van der Waals surface area contributed by atoms with Crippen LogP contribution in [0.4, 0.5) is 18.9 Å². The van der Waals surface area contributed by atoms with Crippen molar-refractivity contribution in [2.75, 3.05) is 11.9 Å². The maximum Gasteiger partial charge on any atom is 0.391 e. The molecule has 1 saturated carbocycles. The van der Waals surface area contributed by atoms with Crippen LogP contribution in [0.15, 0.2) is 6.20 Å². The number of nitrogens with zero attached hydrogens (tertiary/aromatic N) is 3. The second kappa shape index (κ2) is 4.56. The molecule has 0 N–H and O–H groups in total. The zero-order chi connectivity index (χ0) is 15.4. The van der Waals surface area contributed by atoms with Gasteiger partial charge in [-0.15, -0.1) is 0 Å². The second-order valence-corrected chi connectivity index (χ2v) is 5.97. The van der Waals surface area contributed by atoms with Crippen LogP contribution in [0.1, 0.15) is 31.4 Å². The van der Waals surface area contributed by atoms with Crippen LogP contribution < -0.4 is 4.90 Å². The molecule has 2 heterocycles. The number of carbonyl (C=O) groups excluding carboxylic acids is 1. The van der Waals surface area contributed by atoms with Crippen LogP contribution in [-0.4, -0.2) is 29.1 Å². The lowest BCUT2D eigenvalue weighted by atomic mass is 9.68. The predicted molar refractivity (Wildman–Crippen MR) is 70.1 cm³/mol. The molecule has 3 rings (SSSR count). The minimum atomic E-state index is -4.21.